The minimum atomic E-state index is -0.318. The molecule has 126 valence electrons. The molecule has 24 heavy (non-hydrogen) atoms. The van der Waals surface area contributed by atoms with E-state index < -0.39 is 0 Å². The fourth-order valence-electron chi connectivity index (χ4n) is 2.36. The molecule has 0 spiro atoms. The molecule has 0 radical (unpaired) electrons. The zero-order valence-corrected chi connectivity index (χ0v) is 13.8. The summed E-state index contributed by atoms with van der Waals surface area (Å²) in [5, 5.41) is 7.46. The Kier molecular flexibility index (Phi) is 5.27. The molecule has 0 saturated carbocycles. The van der Waals surface area contributed by atoms with E-state index in [0.29, 0.717) is 31.9 Å². The Labute approximate surface area is 143 Å². The second kappa shape index (κ2) is 7.78. The lowest BCUT2D eigenvalue weighted by Crippen LogP contribution is -2.43. The van der Waals surface area contributed by atoms with Crippen LogP contribution in [-0.2, 0) is 4.74 Å². The van der Waals surface area contributed by atoms with Crippen LogP contribution in [0.4, 0.5) is 15.3 Å². The van der Waals surface area contributed by atoms with Crippen LogP contribution in [0.2, 0.25) is 0 Å². The summed E-state index contributed by atoms with van der Waals surface area (Å²) in [4.78, 5) is 29.2. The number of benzene rings is 1. The highest BCUT2D eigenvalue weighted by Gasteiger charge is 2.18. The number of anilines is 1. The quantitative estimate of drug-likeness (QED) is 0.872. The lowest BCUT2D eigenvalue weighted by Gasteiger charge is -2.26. The van der Waals surface area contributed by atoms with E-state index in [1.165, 1.54) is 0 Å². The number of aromatic nitrogens is 1. The van der Waals surface area contributed by atoms with Crippen molar-refractivity contribution in [1.82, 2.24) is 15.2 Å². The lowest BCUT2D eigenvalue weighted by molar-refractivity contribution is 0.0736. The molecule has 1 aliphatic heterocycles. The number of carbonyl (C=O) groups is 2. The first-order chi connectivity index (χ1) is 11.7. The number of urea groups is 1. The molecule has 1 fully saturated rings. The maximum Gasteiger partial charge on any atom is 0.409 e. The van der Waals surface area contributed by atoms with Gasteiger partial charge >= 0.3 is 12.1 Å². The predicted octanol–water partition coefficient (Wildman–Crippen LogP) is 2.77. The third kappa shape index (κ3) is 4.23. The van der Waals surface area contributed by atoms with Gasteiger partial charge in [0.05, 0.1) is 17.8 Å². The number of thiazole rings is 1. The molecule has 2 heterocycles. The molecule has 0 bridgehead atoms. The molecule has 1 aromatic heterocycles. The number of carbonyl (C=O) groups excluding carboxylic acids is 2. The highest BCUT2D eigenvalue weighted by Crippen LogP contribution is 2.20. The molecule has 7 nitrogen and oxygen atoms in total. The van der Waals surface area contributed by atoms with E-state index in [2.05, 4.69) is 15.6 Å². The van der Waals surface area contributed by atoms with E-state index in [-0.39, 0.29) is 12.1 Å². The van der Waals surface area contributed by atoms with Crippen molar-refractivity contribution in [2.24, 2.45) is 0 Å². The molecule has 1 aliphatic rings. The topological polar surface area (TPSA) is 83.6 Å². The number of amides is 3. The number of cyclic esters (lactones) is 1. The fraction of sp³-hybridized carbons (Fsp3) is 0.312. The Bertz CT molecular complexity index is 688. The van der Waals surface area contributed by atoms with Crippen molar-refractivity contribution in [3.8, 4) is 11.3 Å². The lowest BCUT2D eigenvalue weighted by atomic mass is 10.1. The van der Waals surface area contributed by atoms with E-state index in [1.807, 2.05) is 29.6 Å². The van der Waals surface area contributed by atoms with Crippen LogP contribution in [0.5, 0.6) is 0 Å². The number of nitrogens with zero attached hydrogens (tertiary/aromatic N) is 2. The van der Waals surface area contributed by atoms with Gasteiger partial charge in [0.2, 0.25) is 0 Å². The molecule has 3 rings (SSSR count). The van der Waals surface area contributed by atoms with Gasteiger partial charge in [0.1, 0.15) is 0 Å². The zero-order chi connectivity index (χ0) is 16.8. The normalized spacial score (nSPS) is 14.2. The highest BCUT2D eigenvalue weighted by atomic mass is 32.1. The van der Waals surface area contributed by atoms with Crippen LogP contribution in [0.3, 0.4) is 0 Å². The largest absolute Gasteiger partial charge is 0.449 e. The molecule has 0 atom stereocenters. The van der Waals surface area contributed by atoms with E-state index in [9.17, 15) is 9.59 Å². The van der Waals surface area contributed by atoms with Crippen LogP contribution in [-0.4, -0.2) is 48.2 Å². The minimum Gasteiger partial charge on any atom is -0.449 e. The highest BCUT2D eigenvalue weighted by molar-refractivity contribution is 7.07. The molecule has 1 saturated heterocycles. The van der Waals surface area contributed by atoms with Crippen molar-refractivity contribution in [3.63, 3.8) is 0 Å². The average Bonchev–Trinajstić information content (AvgIpc) is 3.12. The number of hydrogen-bond donors (Lipinski definition) is 2. The molecule has 0 unspecified atom stereocenters. The summed E-state index contributed by atoms with van der Waals surface area (Å²) >= 11 is 1.54. The minimum absolute atomic E-state index is 0.304. The van der Waals surface area contributed by atoms with Gasteiger partial charge < -0.3 is 20.3 Å². The molecular formula is C16H18N4O3S. The Balaban J connectivity index is 1.44. The first-order valence-electron chi connectivity index (χ1n) is 7.67. The van der Waals surface area contributed by atoms with Crippen molar-refractivity contribution in [2.75, 3.05) is 31.6 Å². The van der Waals surface area contributed by atoms with Gasteiger partial charge in [0, 0.05) is 36.3 Å². The molecular weight excluding hydrogens is 328 g/mol. The second-order valence-electron chi connectivity index (χ2n) is 5.29. The van der Waals surface area contributed by atoms with Crippen LogP contribution in [0.1, 0.15) is 6.42 Å². The van der Waals surface area contributed by atoms with Crippen molar-refractivity contribution in [3.05, 3.63) is 35.2 Å². The molecule has 2 N–H and O–H groups in total. The van der Waals surface area contributed by atoms with Crippen molar-refractivity contribution >= 4 is 29.1 Å². The van der Waals surface area contributed by atoms with Crippen LogP contribution in [0.25, 0.3) is 11.3 Å². The first-order valence-corrected chi connectivity index (χ1v) is 8.62. The Hall–Kier alpha value is -2.61. The van der Waals surface area contributed by atoms with Gasteiger partial charge in [-0.1, -0.05) is 12.1 Å². The van der Waals surface area contributed by atoms with Gasteiger partial charge in [-0.05, 0) is 18.6 Å². The van der Waals surface area contributed by atoms with Crippen LogP contribution in [0, 0.1) is 0 Å². The summed E-state index contributed by atoms with van der Waals surface area (Å²) < 4.78 is 4.94. The first kappa shape index (κ1) is 16.3. The maximum atomic E-state index is 11.9. The van der Waals surface area contributed by atoms with Crippen LogP contribution in [0.15, 0.2) is 35.2 Å². The summed E-state index contributed by atoms with van der Waals surface area (Å²) in [6.45, 7) is 1.95. The summed E-state index contributed by atoms with van der Waals surface area (Å²) in [5.74, 6) is 0. The zero-order valence-electron chi connectivity index (χ0n) is 13.0. The second-order valence-corrected chi connectivity index (χ2v) is 6.01. The van der Waals surface area contributed by atoms with Gasteiger partial charge in [-0.3, -0.25) is 0 Å². The third-order valence-electron chi connectivity index (χ3n) is 3.59. The van der Waals surface area contributed by atoms with E-state index in [1.54, 1.807) is 21.7 Å². The molecule has 3 amide bonds. The van der Waals surface area contributed by atoms with E-state index in [4.69, 9.17) is 4.74 Å². The molecule has 1 aromatic carbocycles. The van der Waals surface area contributed by atoms with E-state index >= 15 is 0 Å². The number of rotatable bonds is 5. The fourth-order valence-corrected chi connectivity index (χ4v) is 2.92. The summed E-state index contributed by atoms with van der Waals surface area (Å²) in [6, 6.07) is 7.18. The van der Waals surface area contributed by atoms with Crippen LogP contribution < -0.4 is 10.6 Å². The number of hydrogen-bond acceptors (Lipinski definition) is 5. The van der Waals surface area contributed by atoms with E-state index in [0.717, 1.165) is 17.7 Å². The van der Waals surface area contributed by atoms with Gasteiger partial charge in [-0.25, -0.2) is 14.6 Å². The SMILES string of the molecule is O=C(NCCN1CCCOC1=O)Nc1ccc(-c2cscn2)cc1. The summed E-state index contributed by atoms with van der Waals surface area (Å²) in [5.41, 5.74) is 4.41. The molecule has 8 heteroatoms. The maximum absolute atomic E-state index is 11.9. The van der Waals surface area contributed by atoms with Crippen molar-refractivity contribution in [2.45, 2.75) is 6.42 Å². The average molecular weight is 346 g/mol. The molecule has 2 aromatic rings. The number of nitrogens with one attached hydrogen (secondary N) is 2. The van der Waals surface area contributed by atoms with Gasteiger partial charge in [0.25, 0.3) is 0 Å². The van der Waals surface area contributed by atoms with Crippen LogP contribution >= 0.6 is 11.3 Å². The van der Waals surface area contributed by atoms with Gasteiger partial charge in [-0.2, -0.15) is 0 Å². The van der Waals surface area contributed by atoms with Gasteiger partial charge in [-0.15, -0.1) is 11.3 Å². The summed E-state index contributed by atoms with van der Waals surface area (Å²) in [6.07, 6.45) is 0.504. The van der Waals surface area contributed by atoms with Crippen molar-refractivity contribution < 1.29 is 14.3 Å². The monoisotopic (exact) mass is 346 g/mol. The molecule has 0 aliphatic carbocycles. The van der Waals surface area contributed by atoms with Gasteiger partial charge in [0.15, 0.2) is 0 Å². The van der Waals surface area contributed by atoms with Crippen molar-refractivity contribution in [1.29, 1.82) is 0 Å². The third-order valence-corrected chi connectivity index (χ3v) is 4.18. The smallest absolute Gasteiger partial charge is 0.409 e. The number of ether oxygens (including phenoxy) is 1. The Morgan fingerprint density at radius 1 is 1.33 bits per heavy atom. The Morgan fingerprint density at radius 3 is 2.88 bits per heavy atom. The summed E-state index contributed by atoms with van der Waals surface area (Å²) in [7, 11) is 0. The standard InChI is InChI=1S/C16H18N4O3S/c21-15(17-6-8-20-7-1-9-23-16(20)22)19-13-4-2-12(3-5-13)14-10-24-11-18-14/h2-5,10-11H,1,6-9H2,(H2,17,19,21). The predicted molar refractivity (Wildman–Crippen MR) is 92.1 cm³/mol. The Morgan fingerprint density at radius 2 is 2.17 bits per heavy atom.